The zero-order valence-corrected chi connectivity index (χ0v) is 13.2. The zero-order chi connectivity index (χ0) is 15.6. The number of hydrogen-bond donors (Lipinski definition) is 1. The minimum atomic E-state index is -0.405. The molecular formula is C15H24N4O2. The van der Waals surface area contributed by atoms with Gasteiger partial charge in [-0.1, -0.05) is 13.8 Å². The van der Waals surface area contributed by atoms with Gasteiger partial charge < -0.3 is 5.32 Å². The summed E-state index contributed by atoms with van der Waals surface area (Å²) in [5, 5.41) is 7.38. The number of carbonyl (C=O) groups excluding carboxylic acids is 2. The van der Waals surface area contributed by atoms with E-state index in [1.807, 2.05) is 27.8 Å². The van der Waals surface area contributed by atoms with Crippen LogP contribution in [0.5, 0.6) is 0 Å². The van der Waals surface area contributed by atoms with Crippen molar-refractivity contribution in [3.63, 3.8) is 0 Å². The number of nitrogens with zero attached hydrogens (tertiary/aromatic N) is 3. The number of rotatable bonds is 6. The Hall–Kier alpha value is -1.69. The number of carbonyl (C=O) groups is 2. The lowest BCUT2D eigenvalue weighted by Crippen LogP contribution is -2.43. The summed E-state index contributed by atoms with van der Waals surface area (Å²) in [4.78, 5) is 25.9. The second-order valence-electron chi connectivity index (χ2n) is 5.59. The van der Waals surface area contributed by atoms with Gasteiger partial charge >= 0.3 is 0 Å². The molecule has 0 bridgehead atoms. The normalized spacial score (nSPS) is 19.1. The van der Waals surface area contributed by atoms with Crippen molar-refractivity contribution in [3.8, 4) is 0 Å². The summed E-state index contributed by atoms with van der Waals surface area (Å²) >= 11 is 0. The lowest BCUT2D eigenvalue weighted by atomic mass is 10.1. The van der Waals surface area contributed by atoms with Crippen LogP contribution in [0, 0.1) is 6.92 Å². The minimum Gasteiger partial charge on any atom is -0.301 e. The standard InChI is InChI=1S/C15H24N4O2/c1-5-12(6-2)19-14(20)7-13(15(19)21)16-8-11-9-17-18(4)10(11)3/h9,12-13,16H,5-8H2,1-4H3. The van der Waals surface area contributed by atoms with Crippen LogP contribution in [0.3, 0.4) is 0 Å². The van der Waals surface area contributed by atoms with Crippen molar-refractivity contribution in [1.29, 1.82) is 0 Å². The average Bonchev–Trinajstić information content (AvgIpc) is 2.93. The fraction of sp³-hybridized carbons (Fsp3) is 0.667. The molecular weight excluding hydrogens is 268 g/mol. The number of aromatic nitrogens is 2. The molecule has 1 fully saturated rings. The summed E-state index contributed by atoms with van der Waals surface area (Å²) < 4.78 is 1.80. The topological polar surface area (TPSA) is 67.2 Å². The monoisotopic (exact) mass is 292 g/mol. The number of nitrogens with one attached hydrogen (secondary N) is 1. The van der Waals surface area contributed by atoms with Crippen molar-refractivity contribution in [1.82, 2.24) is 20.0 Å². The lowest BCUT2D eigenvalue weighted by molar-refractivity contribution is -0.141. The van der Waals surface area contributed by atoms with Gasteiger partial charge in [-0.25, -0.2) is 0 Å². The fourth-order valence-corrected chi connectivity index (χ4v) is 2.80. The maximum Gasteiger partial charge on any atom is 0.247 e. The van der Waals surface area contributed by atoms with Crippen LogP contribution in [0.4, 0.5) is 0 Å². The van der Waals surface area contributed by atoms with Gasteiger partial charge in [-0.15, -0.1) is 0 Å². The average molecular weight is 292 g/mol. The highest BCUT2D eigenvalue weighted by Gasteiger charge is 2.41. The Bertz CT molecular complexity index is 534. The molecule has 0 aliphatic carbocycles. The molecule has 6 heteroatoms. The van der Waals surface area contributed by atoms with E-state index in [9.17, 15) is 9.59 Å². The molecule has 2 amide bonds. The van der Waals surface area contributed by atoms with Gasteiger partial charge in [-0.2, -0.15) is 5.10 Å². The Morgan fingerprint density at radius 1 is 1.38 bits per heavy atom. The largest absolute Gasteiger partial charge is 0.301 e. The molecule has 0 aromatic carbocycles. The minimum absolute atomic E-state index is 0.0249. The highest BCUT2D eigenvalue weighted by atomic mass is 16.2. The predicted octanol–water partition coefficient (Wildman–Crippen LogP) is 1.13. The molecule has 2 heterocycles. The van der Waals surface area contributed by atoms with Gasteiger partial charge in [0.05, 0.1) is 18.7 Å². The van der Waals surface area contributed by atoms with Crippen LogP contribution < -0.4 is 5.32 Å². The maximum atomic E-state index is 12.4. The van der Waals surface area contributed by atoms with Crippen LogP contribution >= 0.6 is 0 Å². The molecule has 0 radical (unpaired) electrons. The smallest absolute Gasteiger partial charge is 0.247 e. The molecule has 21 heavy (non-hydrogen) atoms. The van der Waals surface area contributed by atoms with Crippen LogP contribution in [0.15, 0.2) is 6.20 Å². The number of hydrogen-bond acceptors (Lipinski definition) is 4. The molecule has 1 aliphatic heterocycles. The van der Waals surface area contributed by atoms with E-state index in [1.165, 1.54) is 4.90 Å². The first kappa shape index (κ1) is 15.7. The molecule has 116 valence electrons. The van der Waals surface area contributed by atoms with Crippen molar-refractivity contribution >= 4 is 11.8 Å². The molecule has 1 atom stereocenters. The Morgan fingerprint density at radius 2 is 2.05 bits per heavy atom. The lowest BCUT2D eigenvalue weighted by Gasteiger charge is -2.24. The van der Waals surface area contributed by atoms with Crippen LogP contribution in [0.1, 0.15) is 44.4 Å². The van der Waals surface area contributed by atoms with Crippen LogP contribution in [-0.4, -0.2) is 38.6 Å². The summed E-state index contributed by atoms with van der Waals surface area (Å²) in [5.74, 6) is -0.149. The summed E-state index contributed by atoms with van der Waals surface area (Å²) in [6, 6.07) is -0.380. The van der Waals surface area contributed by atoms with E-state index in [1.54, 1.807) is 10.9 Å². The fourth-order valence-electron chi connectivity index (χ4n) is 2.80. The molecule has 1 saturated heterocycles. The Kier molecular flexibility index (Phi) is 4.77. The van der Waals surface area contributed by atoms with E-state index in [0.29, 0.717) is 6.54 Å². The SMILES string of the molecule is CCC(CC)N1C(=O)CC(NCc2cnn(C)c2C)C1=O. The number of aryl methyl sites for hydroxylation is 1. The first-order chi connectivity index (χ1) is 9.99. The summed E-state index contributed by atoms with van der Waals surface area (Å²) in [7, 11) is 1.89. The quantitative estimate of drug-likeness (QED) is 0.798. The van der Waals surface area contributed by atoms with Gasteiger partial charge in [-0.05, 0) is 19.8 Å². The van der Waals surface area contributed by atoms with Gasteiger partial charge in [0, 0.05) is 30.9 Å². The van der Waals surface area contributed by atoms with Gasteiger partial charge in [0.1, 0.15) is 0 Å². The van der Waals surface area contributed by atoms with Crippen molar-refractivity contribution in [3.05, 3.63) is 17.5 Å². The molecule has 2 rings (SSSR count). The van der Waals surface area contributed by atoms with E-state index >= 15 is 0 Å². The van der Waals surface area contributed by atoms with E-state index in [0.717, 1.165) is 24.1 Å². The van der Waals surface area contributed by atoms with Gasteiger partial charge in [0.25, 0.3) is 0 Å². The van der Waals surface area contributed by atoms with E-state index in [4.69, 9.17) is 0 Å². The molecule has 1 aromatic rings. The third-order valence-corrected chi connectivity index (χ3v) is 4.37. The summed E-state index contributed by atoms with van der Waals surface area (Å²) in [5.41, 5.74) is 2.12. The van der Waals surface area contributed by atoms with Gasteiger partial charge in [0.15, 0.2) is 0 Å². The Morgan fingerprint density at radius 3 is 2.57 bits per heavy atom. The summed E-state index contributed by atoms with van der Waals surface area (Å²) in [6.07, 6.45) is 3.67. The molecule has 1 N–H and O–H groups in total. The van der Waals surface area contributed by atoms with E-state index < -0.39 is 6.04 Å². The summed E-state index contributed by atoms with van der Waals surface area (Å²) in [6.45, 7) is 6.56. The number of likely N-dealkylation sites (tertiary alicyclic amines) is 1. The zero-order valence-electron chi connectivity index (χ0n) is 13.2. The Balaban J connectivity index is 2.01. The second kappa shape index (κ2) is 6.39. The number of imide groups is 1. The van der Waals surface area contributed by atoms with Crippen LogP contribution in [0.25, 0.3) is 0 Å². The molecule has 1 aromatic heterocycles. The van der Waals surface area contributed by atoms with Crippen LogP contribution in [-0.2, 0) is 23.2 Å². The van der Waals surface area contributed by atoms with Gasteiger partial charge in [-0.3, -0.25) is 19.2 Å². The Labute approximate surface area is 125 Å². The molecule has 0 spiro atoms. The van der Waals surface area contributed by atoms with E-state index in [2.05, 4.69) is 10.4 Å². The number of amides is 2. The molecule has 0 saturated carbocycles. The maximum absolute atomic E-state index is 12.4. The van der Waals surface area contributed by atoms with Crippen LogP contribution in [0.2, 0.25) is 0 Å². The molecule has 1 aliphatic rings. The van der Waals surface area contributed by atoms with Crippen molar-refractivity contribution in [2.75, 3.05) is 0 Å². The third kappa shape index (κ3) is 3.00. The van der Waals surface area contributed by atoms with Gasteiger partial charge in [0.2, 0.25) is 11.8 Å². The molecule has 6 nitrogen and oxygen atoms in total. The first-order valence-corrected chi connectivity index (χ1v) is 7.56. The van der Waals surface area contributed by atoms with E-state index in [-0.39, 0.29) is 24.3 Å². The van der Waals surface area contributed by atoms with Crippen molar-refractivity contribution < 1.29 is 9.59 Å². The second-order valence-corrected chi connectivity index (χ2v) is 5.59. The first-order valence-electron chi connectivity index (χ1n) is 7.56. The third-order valence-electron chi connectivity index (χ3n) is 4.37. The predicted molar refractivity (Wildman–Crippen MR) is 79.4 cm³/mol. The highest BCUT2D eigenvalue weighted by molar-refractivity contribution is 6.05. The van der Waals surface area contributed by atoms with Crippen molar-refractivity contribution in [2.24, 2.45) is 7.05 Å². The highest BCUT2D eigenvalue weighted by Crippen LogP contribution is 2.20. The van der Waals surface area contributed by atoms with Crippen molar-refractivity contribution in [2.45, 2.75) is 58.7 Å². The molecule has 1 unspecified atom stereocenters.